The fourth-order valence-corrected chi connectivity index (χ4v) is 2.52. The average molecular weight is 203 g/mol. The Morgan fingerprint density at radius 2 is 2.00 bits per heavy atom. The lowest BCUT2D eigenvalue weighted by atomic mass is 9.79. The van der Waals surface area contributed by atoms with Crippen molar-refractivity contribution in [2.75, 3.05) is 0 Å². The molecule has 82 valence electrons. The van der Waals surface area contributed by atoms with E-state index in [4.69, 9.17) is 5.73 Å². The third-order valence-corrected chi connectivity index (χ3v) is 3.87. The normalized spacial score (nSPS) is 18.9. The van der Waals surface area contributed by atoms with Crippen molar-refractivity contribution < 1.29 is 0 Å². The smallest absolute Gasteiger partial charge is 0.0195 e. The summed E-state index contributed by atoms with van der Waals surface area (Å²) in [5.41, 5.74) is 9.31. The van der Waals surface area contributed by atoms with Crippen LogP contribution in [0.3, 0.4) is 0 Å². The van der Waals surface area contributed by atoms with E-state index in [0.717, 1.165) is 6.42 Å². The first-order valence-corrected chi connectivity index (χ1v) is 5.88. The van der Waals surface area contributed by atoms with Gasteiger partial charge >= 0.3 is 0 Å². The average Bonchev–Trinajstić information content (AvgIpc) is 2.97. The second kappa shape index (κ2) is 3.34. The highest BCUT2D eigenvalue weighted by Gasteiger charge is 2.53. The molecule has 15 heavy (non-hydrogen) atoms. The van der Waals surface area contributed by atoms with Crippen LogP contribution in [0.5, 0.6) is 0 Å². The molecular formula is C14H21N. The van der Waals surface area contributed by atoms with Gasteiger partial charge in [0.05, 0.1) is 0 Å². The third kappa shape index (κ3) is 1.69. The summed E-state index contributed by atoms with van der Waals surface area (Å²) in [6.45, 7) is 6.50. The highest BCUT2D eigenvalue weighted by molar-refractivity contribution is 5.38. The predicted molar refractivity (Wildman–Crippen MR) is 65.0 cm³/mol. The molecule has 0 unspecified atom stereocenters. The van der Waals surface area contributed by atoms with Gasteiger partial charge in [0.1, 0.15) is 0 Å². The van der Waals surface area contributed by atoms with Crippen LogP contribution in [0.15, 0.2) is 24.3 Å². The zero-order valence-corrected chi connectivity index (χ0v) is 10.0. The summed E-state index contributed by atoms with van der Waals surface area (Å²) >= 11 is 0. The summed E-state index contributed by atoms with van der Waals surface area (Å²) in [5.74, 6) is 0. The molecule has 0 atom stereocenters. The van der Waals surface area contributed by atoms with Gasteiger partial charge in [0.15, 0.2) is 0 Å². The number of hydrogen-bond acceptors (Lipinski definition) is 1. The van der Waals surface area contributed by atoms with E-state index in [1.807, 2.05) is 0 Å². The summed E-state index contributed by atoms with van der Waals surface area (Å²) in [7, 11) is 0. The Balaban J connectivity index is 2.38. The molecule has 0 aliphatic heterocycles. The van der Waals surface area contributed by atoms with Crippen LogP contribution in [-0.4, -0.2) is 5.54 Å². The Labute approximate surface area is 92.7 Å². The Bertz CT molecular complexity index is 356. The highest BCUT2D eigenvalue weighted by atomic mass is 14.8. The van der Waals surface area contributed by atoms with Crippen LogP contribution < -0.4 is 5.73 Å². The van der Waals surface area contributed by atoms with Gasteiger partial charge in [-0.05, 0) is 44.2 Å². The molecule has 1 nitrogen and oxygen atoms in total. The van der Waals surface area contributed by atoms with Crippen LogP contribution in [0.4, 0.5) is 0 Å². The zero-order chi connectivity index (χ0) is 11.1. The molecule has 1 heteroatoms. The van der Waals surface area contributed by atoms with Crippen molar-refractivity contribution in [3.8, 4) is 0 Å². The van der Waals surface area contributed by atoms with E-state index in [9.17, 15) is 0 Å². The first-order valence-electron chi connectivity index (χ1n) is 5.88. The maximum absolute atomic E-state index is 6.30. The van der Waals surface area contributed by atoms with Gasteiger partial charge in [-0.25, -0.2) is 0 Å². The Morgan fingerprint density at radius 3 is 2.47 bits per heavy atom. The zero-order valence-electron chi connectivity index (χ0n) is 10.0. The second-order valence-corrected chi connectivity index (χ2v) is 5.36. The molecule has 1 aromatic rings. The van der Waals surface area contributed by atoms with E-state index < -0.39 is 0 Å². The number of nitrogens with two attached hydrogens (primary N) is 1. The second-order valence-electron chi connectivity index (χ2n) is 5.36. The fourth-order valence-electron chi connectivity index (χ4n) is 2.52. The lowest BCUT2D eigenvalue weighted by Gasteiger charge is -2.31. The molecule has 0 spiro atoms. The van der Waals surface area contributed by atoms with Gasteiger partial charge in [-0.15, -0.1) is 0 Å². The summed E-state index contributed by atoms with van der Waals surface area (Å²) in [6, 6.07) is 8.94. The molecule has 1 saturated carbocycles. The van der Waals surface area contributed by atoms with Crippen LogP contribution in [0.1, 0.15) is 44.7 Å². The van der Waals surface area contributed by atoms with Crippen molar-refractivity contribution in [3.05, 3.63) is 35.4 Å². The summed E-state index contributed by atoms with van der Waals surface area (Å²) in [6.07, 6.45) is 3.59. The van der Waals surface area contributed by atoms with Crippen LogP contribution in [0.25, 0.3) is 0 Å². The van der Waals surface area contributed by atoms with Gasteiger partial charge in [0.2, 0.25) is 0 Å². The number of rotatable bonds is 3. The minimum absolute atomic E-state index is 0.0979. The van der Waals surface area contributed by atoms with Crippen molar-refractivity contribution in [1.29, 1.82) is 0 Å². The van der Waals surface area contributed by atoms with Gasteiger partial charge in [-0.2, -0.15) is 0 Å². The Morgan fingerprint density at radius 1 is 1.33 bits per heavy atom. The van der Waals surface area contributed by atoms with Crippen molar-refractivity contribution in [3.63, 3.8) is 0 Å². The molecule has 1 aliphatic carbocycles. The first kappa shape index (κ1) is 10.7. The van der Waals surface area contributed by atoms with Gasteiger partial charge in [0.25, 0.3) is 0 Å². The third-order valence-electron chi connectivity index (χ3n) is 3.87. The minimum Gasteiger partial charge on any atom is -0.325 e. The molecule has 1 fully saturated rings. The van der Waals surface area contributed by atoms with Gasteiger partial charge < -0.3 is 5.73 Å². The highest BCUT2D eigenvalue weighted by Crippen LogP contribution is 2.54. The predicted octanol–water partition coefficient (Wildman–Crippen LogP) is 3.02. The SMILES string of the molecule is CCc1cccc(C2(C(C)(C)N)CC2)c1. The molecule has 0 bridgehead atoms. The summed E-state index contributed by atoms with van der Waals surface area (Å²) in [5, 5.41) is 0. The standard InChI is InChI=1S/C14H21N/c1-4-11-6-5-7-12(10-11)14(8-9-14)13(2,3)15/h5-7,10H,4,8-9,15H2,1-3H3. The monoisotopic (exact) mass is 203 g/mol. The number of aryl methyl sites for hydroxylation is 1. The molecule has 0 heterocycles. The lowest BCUT2D eigenvalue weighted by molar-refractivity contribution is 0.391. The van der Waals surface area contributed by atoms with Crippen LogP contribution >= 0.6 is 0 Å². The molecule has 0 radical (unpaired) electrons. The molecule has 0 saturated heterocycles. The van der Waals surface area contributed by atoms with E-state index in [-0.39, 0.29) is 11.0 Å². The van der Waals surface area contributed by atoms with Gasteiger partial charge in [-0.1, -0.05) is 31.2 Å². The first-order chi connectivity index (χ1) is 6.99. The Kier molecular flexibility index (Phi) is 2.38. The van der Waals surface area contributed by atoms with Crippen molar-refractivity contribution in [2.45, 2.75) is 51.0 Å². The van der Waals surface area contributed by atoms with E-state index in [1.54, 1.807) is 0 Å². The number of hydrogen-bond donors (Lipinski definition) is 1. The van der Waals surface area contributed by atoms with Gasteiger partial charge in [-0.3, -0.25) is 0 Å². The van der Waals surface area contributed by atoms with E-state index >= 15 is 0 Å². The summed E-state index contributed by atoms with van der Waals surface area (Å²) in [4.78, 5) is 0. The van der Waals surface area contributed by atoms with E-state index in [0.29, 0.717) is 0 Å². The van der Waals surface area contributed by atoms with Crippen molar-refractivity contribution >= 4 is 0 Å². The summed E-state index contributed by atoms with van der Waals surface area (Å²) < 4.78 is 0. The molecule has 0 aromatic heterocycles. The molecule has 0 amide bonds. The van der Waals surface area contributed by atoms with Crippen molar-refractivity contribution in [2.24, 2.45) is 5.73 Å². The Hall–Kier alpha value is -0.820. The van der Waals surface area contributed by atoms with E-state index in [2.05, 4.69) is 45.0 Å². The molecular weight excluding hydrogens is 182 g/mol. The quantitative estimate of drug-likeness (QED) is 0.803. The van der Waals surface area contributed by atoms with Gasteiger partial charge in [0, 0.05) is 11.0 Å². The number of benzene rings is 1. The van der Waals surface area contributed by atoms with Crippen LogP contribution in [0.2, 0.25) is 0 Å². The lowest BCUT2D eigenvalue weighted by Crippen LogP contribution is -2.45. The largest absolute Gasteiger partial charge is 0.325 e. The molecule has 1 aromatic carbocycles. The maximum atomic E-state index is 6.30. The molecule has 2 N–H and O–H groups in total. The van der Waals surface area contributed by atoms with E-state index in [1.165, 1.54) is 24.0 Å². The molecule has 1 aliphatic rings. The van der Waals surface area contributed by atoms with Crippen LogP contribution in [0, 0.1) is 0 Å². The topological polar surface area (TPSA) is 26.0 Å². The maximum Gasteiger partial charge on any atom is 0.0195 e. The van der Waals surface area contributed by atoms with Crippen LogP contribution in [-0.2, 0) is 11.8 Å². The minimum atomic E-state index is -0.0979. The fraction of sp³-hybridized carbons (Fsp3) is 0.571. The van der Waals surface area contributed by atoms with Crippen molar-refractivity contribution in [1.82, 2.24) is 0 Å². The molecule has 2 rings (SSSR count).